The number of nitrogens with zero attached hydrogens (tertiary/aromatic N) is 4. The van der Waals surface area contributed by atoms with Gasteiger partial charge >= 0.3 is 0 Å². The van der Waals surface area contributed by atoms with E-state index in [2.05, 4.69) is 9.97 Å². The average Bonchev–Trinajstić information content (AvgIpc) is 3.58. The van der Waals surface area contributed by atoms with Crippen LogP contribution >= 0.6 is 0 Å². The van der Waals surface area contributed by atoms with Gasteiger partial charge in [0, 0.05) is 12.0 Å². The fourth-order valence-corrected chi connectivity index (χ4v) is 5.28. The Bertz CT molecular complexity index is 1980. The molecule has 39 heavy (non-hydrogen) atoms. The molecule has 9 heteroatoms. The molecule has 3 aromatic carbocycles. The first-order valence-electron chi connectivity index (χ1n) is 12.6. The van der Waals surface area contributed by atoms with E-state index in [-0.39, 0.29) is 16.8 Å². The largest absolute Gasteiger partial charge is 0.493 e. The number of aromatic nitrogens is 4. The summed E-state index contributed by atoms with van der Waals surface area (Å²) in [6.07, 6.45) is 2.19. The van der Waals surface area contributed by atoms with Gasteiger partial charge in [-0.1, -0.05) is 24.3 Å². The van der Waals surface area contributed by atoms with Crippen LogP contribution in [-0.2, 0) is 6.42 Å². The highest BCUT2D eigenvalue weighted by Gasteiger charge is 2.27. The third-order valence-corrected chi connectivity index (χ3v) is 7.17. The molecule has 1 aliphatic rings. The molecule has 7 rings (SSSR count). The van der Waals surface area contributed by atoms with Crippen LogP contribution in [-0.4, -0.2) is 26.4 Å². The minimum atomic E-state index is -0.608. The summed E-state index contributed by atoms with van der Waals surface area (Å²) in [4.78, 5) is 22.5. The SMILES string of the molecule is CC(c1oc2ccccc2c(=O)c1-c1cccc(F)c1)n1nc(-c2ccc3c(c2)CCO3)c2c(N)ncnc21. The lowest BCUT2D eigenvalue weighted by molar-refractivity contribution is 0.357. The van der Waals surface area contributed by atoms with Gasteiger partial charge in [-0.3, -0.25) is 4.79 Å². The van der Waals surface area contributed by atoms with Crippen molar-refractivity contribution in [3.63, 3.8) is 0 Å². The zero-order valence-corrected chi connectivity index (χ0v) is 20.9. The molecule has 0 radical (unpaired) electrons. The molecule has 0 bridgehead atoms. The predicted octanol–water partition coefficient (Wildman–Crippen LogP) is 5.53. The molecule has 2 N–H and O–H groups in total. The van der Waals surface area contributed by atoms with Crippen LogP contribution in [0.15, 0.2) is 82.3 Å². The Morgan fingerprint density at radius 2 is 1.90 bits per heavy atom. The molecule has 8 nitrogen and oxygen atoms in total. The number of benzene rings is 3. The minimum Gasteiger partial charge on any atom is -0.493 e. The fraction of sp³-hybridized carbons (Fsp3) is 0.133. The number of ether oxygens (including phenoxy) is 1. The summed E-state index contributed by atoms with van der Waals surface area (Å²) >= 11 is 0. The first-order valence-corrected chi connectivity index (χ1v) is 12.6. The van der Waals surface area contributed by atoms with Crippen LogP contribution in [0.2, 0.25) is 0 Å². The molecule has 1 aliphatic heterocycles. The number of hydrogen-bond acceptors (Lipinski definition) is 7. The Balaban J connectivity index is 1.48. The van der Waals surface area contributed by atoms with Crippen LogP contribution < -0.4 is 15.9 Å². The number of fused-ring (bicyclic) bond motifs is 3. The molecule has 3 aromatic heterocycles. The van der Waals surface area contributed by atoms with Crippen molar-refractivity contribution in [1.82, 2.24) is 19.7 Å². The molecule has 0 aliphatic carbocycles. The molecule has 4 heterocycles. The highest BCUT2D eigenvalue weighted by molar-refractivity contribution is 5.98. The zero-order valence-electron chi connectivity index (χ0n) is 20.9. The Kier molecular flexibility index (Phi) is 5.19. The van der Waals surface area contributed by atoms with Crippen molar-refractivity contribution in [3.8, 4) is 28.1 Å². The molecule has 0 saturated heterocycles. The monoisotopic (exact) mass is 519 g/mol. The Morgan fingerprint density at radius 3 is 2.77 bits per heavy atom. The van der Waals surface area contributed by atoms with Gasteiger partial charge in [-0.25, -0.2) is 19.0 Å². The lowest BCUT2D eigenvalue weighted by Gasteiger charge is -2.17. The molecule has 192 valence electrons. The highest BCUT2D eigenvalue weighted by Crippen LogP contribution is 2.38. The van der Waals surface area contributed by atoms with Crippen LogP contribution in [0.4, 0.5) is 10.2 Å². The quantitative estimate of drug-likeness (QED) is 0.326. The molecule has 0 fully saturated rings. The van der Waals surface area contributed by atoms with Crippen LogP contribution in [0.5, 0.6) is 5.75 Å². The third kappa shape index (κ3) is 3.65. The summed E-state index contributed by atoms with van der Waals surface area (Å²) in [5, 5.41) is 5.95. The summed E-state index contributed by atoms with van der Waals surface area (Å²) in [7, 11) is 0. The van der Waals surface area contributed by atoms with E-state index in [0.29, 0.717) is 45.6 Å². The van der Waals surface area contributed by atoms with Gasteiger partial charge in [-0.05, 0) is 60.5 Å². The summed E-state index contributed by atoms with van der Waals surface area (Å²) in [6.45, 7) is 2.50. The van der Waals surface area contributed by atoms with E-state index in [0.717, 1.165) is 23.3 Å². The van der Waals surface area contributed by atoms with Gasteiger partial charge in [-0.2, -0.15) is 5.10 Å². The number of para-hydroxylation sites is 1. The molecule has 0 amide bonds. The van der Waals surface area contributed by atoms with E-state index in [1.165, 1.54) is 18.5 Å². The molecule has 0 saturated carbocycles. The number of nitrogens with two attached hydrogens (primary N) is 1. The van der Waals surface area contributed by atoms with Crippen molar-refractivity contribution in [2.45, 2.75) is 19.4 Å². The topological polar surface area (TPSA) is 109 Å². The van der Waals surface area contributed by atoms with E-state index < -0.39 is 11.9 Å². The molecule has 6 aromatic rings. The molecule has 0 spiro atoms. The van der Waals surface area contributed by atoms with Gasteiger partial charge in [0.15, 0.2) is 5.65 Å². The number of rotatable bonds is 4. The smallest absolute Gasteiger partial charge is 0.200 e. The van der Waals surface area contributed by atoms with E-state index >= 15 is 0 Å². The van der Waals surface area contributed by atoms with Gasteiger partial charge in [0.1, 0.15) is 46.8 Å². The van der Waals surface area contributed by atoms with E-state index in [4.69, 9.17) is 20.0 Å². The van der Waals surface area contributed by atoms with Crippen LogP contribution in [0.25, 0.3) is 44.4 Å². The number of hydrogen-bond donors (Lipinski definition) is 1. The summed E-state index contributed by atoms with van der Waals surface area (Å²) in [5.74, 6) is 1.03. The molecule has 1 unspecified atom stereocenters. The molecular weight excluding hydrogens is 497 g/mol. The van der Waals surface area contributed by atoms with E-state index in [1.807, 2.05) is 25.1 Å². The standard InChI is InChI=1S/C30H22FN5O3/c1-16(28-24(18-5-4-6-20(31)14-18)27(37)21-7-2-3-8-23(21)39-28)36-30-25(29(32)33-15-34-30)26(35-36)19-9-10-22-17(13-19)11-12-38-22/h2-10,13-16H,11-12H2,1H3,(H2,32,33,34). The summed E-state index contributed by atoms with van der Waals surface area (Å²) in [5.41, 5.74) is 10.2. The maximum absolute atomic E-state index is 14.3. The van der Waals surface area contributed by atoms with Gasteiger partial charge in [0.2, 0.25) is 5.43 Å². The predicted molar refractivity (Wildman–Crippen MR) is 146 cm³/mol. The van der Waals surface area contributed by atoms with Crippen molar-refractivity contribution in [2.75, 3.05) is 12.3 Å². The highest BCUT2D eigenvalue weighted by atomic mass is 19.1. The van der Waals surface area contributed by atoms with E-state index in [1.54, 1.807) is 41.1 Å². The maximum atomic E-state index is 14.3. The molecular formula is C30H22FN5O3. The first kappa shape index (κ1) is 23.1. The van der Waals surface area contributed by atoms with Gasteiger partial charge in [0.25, 0.3) is 0 Å². The minimum absolute atomic E-state index is 0.256. The van der Waals surface area contributed by atoms with Crippen molar-refractivity contribution < 1.29 is 13.5 Å². The summed E-state index contributed by atoms with van der Waals surface area (Å²) in [6, 6.07) is 18.2. The van der Waals surface area contributed by atoms with Crippen molar-refractivity contribution in [3.05, 3.63) is 100 Å². The van der Waals surface area contributed by atoms with Crippen molar-refractivity contribution >= 4 is 27.8 Å². The van der Waals surface area contributed by atoms with Crippen LogP contribution in [0.1, 0.15) is 24.3 Å². The van der Waals surface area contributed by atoms with Crippen molar-refractivity contribution in [2.24, 2.45) is 0 Å². The Morgan fingerprint density at radius 1 is 1.03 bits per heavy atom. The number of halogens is 1. The van der Waals surface area contributed by atoms with E-state index in [9.17, 15) is 9.18 Å². The van der Waals surface area contributed by atoms with Crippen LogP contribution in [0.3, 0.4) is 0 Å². The van der Waals surface area contributed by atoms with Gasteiger partial charge in [0.05, 0.1) is 22.9 Å². The second-order valence-corrected chi connectivity index (χ2v) is 9.52. The lowest BCUT2D eigenvalue weighted by atomic mass is 9.99. The number of anilines is 1. The fourth-order valence-electron chi connectivity index (χ4n) is 5.28. The van der Waals surface area contributed by atoms with Gasteiger partial charge in [-0.15, -0.1) is 0 Å². The Labute approximate surface area is 221 Å². The second kappa shape index (κ2) is 8.76. The Hall–Kier alpha value is -5.05. The zero-order chi connectivity index (χ0) is 26.7. The normalized spacial score (nSPS) is 13.5. The molecule has 1 atom stereocenters. The van der Waals surface area contributed by atoms with Crippen LogP contribution in [0, 0.1) is 5.82 Å². The lowest BCUT2D eigenvalue weighted by Crippen LogP contribution is -2.16. The third-order valence-electron chi connectivity index (χ3n) is 7.17. The van der Waals surface area contributed by atoms with Gasteiger partial charge < -0.3 is 14.9 Å². The second-order valence-electron chi connectivity index (χ2n) is 9.52. The maximum Gasteiger partial charge on any atom is 0.200 e. The van der Waals surface area contributed by atoms with Crippen molar-refractivity contribution in [1.29, 1.82) is 0 Å². The summed E-state index contributed by atoms with van der Waals surface area (Å²) < 4.78 is 28.0. The average molecular weight is 520 g/mol. The first-order chi connectivity index (χ1) is 19.0. The number of nitrogen functional groups attached to an aromatic ring is 1.